The monoisotopic (exact) mass is 263 g/mol. The third-order valence-corrected chi connectivity index (χ3v) is 3.45. The number of carboxylic acids is 1. The number of hydrogen-bond donors (Lipinski definition) is 1. The number of amides is 1. The van der Waals surface area contributed by atoms with Gasteiger partial charge in [0.05, 0.1) is 5.41 Å². The standard InChI is InChI=1S/C14H17NO4/c1-10-3-4-11(19-10)5-6-12(16)15-8-7-14(2,9-15)13(17)18/h3-6H,7-9H2,1-2H3,(H,17,18)/b6-5-/t14-/m1/s1. The highest BCUT2D eigenvalue weighted by Crippen LogP contribution is 2.30. The number of hydrogen-bond acceptors (Lipinski definition) is 3. The lowest BCUT2D eigenvalue weighted by Gasteiger charge is -2.18. The Labute approximate surface area is 111 Å². The van der Waals surface area contributed by atoms with Crippen LogP contribution < -0.4 is 0 Å². The van der Waals surface area contributed by atoms with Gasteiger partial charge in [-0.1, -0.05) is 0 Å². The lowest BCUT2D eigenvalue weighted by Crippen LogP contribution is -2.34. The van der Waals surface area contributed by atoms with Crippen molar-refractivity contribution in [2.45, 2.75) is 20.3 Å². The zero-order valence-corrected chi connectivity index (χ0v) is 11.0. The van der Waals surface area contributed by atoms with Gasteiger partial charge in [-0.25, -0.2) is 0 Å². The SMILES string of the molecule is Cc1ccc(/C=C\C(=O)N2CC[C@@](C)(C(=O)O)C2)o1. The van der Waals surface area contributed by atoms with E-state index in [1.165, 1.54) is 6.08 Å². The predicted molar refractivity (Wildman–Crippen MR) is 69.4 cm³/mol. The van der Waals surface area contributed by atoms with Crippen LogP contribution in [0.3, 0.4) is 0 Å². The van der Waals surface area contributed by atoms with E-state index in [4.69, 9.17) is 9.52 Å². The average molecular weight is 263 g/mol. The molecule has 0 aromatic carbocycles. The number of carbonyl (C=O) groups excluding carboxylic acids is 1. The summed E-state index contributed by atoms with van der Waals surface area (Å²) in [7, 11) is 0. The second kappa shape index (κ2) is 4.91. The van der Waals surface area contributed by atoms with Gasteiger partial charge in [0, 0.05) is 19.2 Å². The quantitative estimate of drug-likeness (QED) is 0.846. The summed E-state index contributed by atoms with van der Waals surface area (Å²) in [5.74, 6) is 0.366. The summed E-state index contributed by atoms with van der Waals surface area (Å²) >= 11 is 0. The molecule has 0 bridgehead atoms. The van der Waals surface area contributed by atoms with Crippen LogP contribution in [-0.4, -0.2) is 35.0 Å². The Bertz CT molecular complexity index is 531. The third kappa shape index (κ3) is 2.86. The summed E-state index contributed by atoms with van der Waals surface area (Å²) in [6, 6.07) is 3.60. The smallest absolute Gasteiger partial charge is 0.311 e. The van der Waals surface area contributed by atoms with Gasteiger partial charge in [0.2, 0.25) is 5.91 Å². The largest absolute Gasteiger partial charge is 0.481 e. The molecule has 102 valence electrons. The van der Waals surface area contributed by atoms with Crippen molar-refractivity contribution in [3.05, 3.63) is 29.7 Å². The van der Waals surface area contributed by atoms with Crippen LogP contribution >= 0.6 is 0 Å². The Kier molecular flexibility index (Phi) is 3.46. The molecule has 0 spiro atoms. The van der Waals surface area contributed by atoms with Crippen molar-refractivity contribution >= 4 is 18.0 Å². The number of likely N-dealkylation sites (tertiary alicyclic amines) is 1. The second-order valence-corrected chi connectivity index (χ2v) is 5.16. The van der Waals surface area contributed by atoms with Crippen LogP contribution in [0.2, 0.25) is 0 Å². The van der Waals surface area contributed by atoms with Crippen molar-refractivity contribution in [2.24, 2.45) is 5.41 Å². The van der Waals surface area contributed by atoms with E-state index in [1.807, 2.05) is 13.0 Å². The number of aryl methyl sites for hydroxylation is 1. The molecule has 0 unspecified atom stereocenters. The molecule has 1 amide bonds. The van der Waals surface area contributed by atoms with E-state index in [0.29, 0.717) is 18.7 Å². The number of nitrogens with zero attached hydrogens (tertiary/aromatic N) is 1. The zero-order valence-electron chi connectivity index (χ0n) is 11.0. The molecule has 0 saturated carbocycles. The first-order valence-electron chi connectivity index (χ1n) is 6.17. The maximum absolute atomic E-state index is 11.9. The minimum Gasteiger partial charge on any atom is -0.481 e. The average Bonchev–Trinajstić information content (AvgIpc) is 2.94. The van der Waals surface area contributed by atoms with Gasteiger partial charge in [0.1, 0.15) is 11.5 Å². The Balaban J connectivity index is 1.99. The van der Waals surface area contributed by atoms with E-state index in [0.717, 1.165) is 5.76 Å². The summed E-state index contributed by atoms with van der Waals surface area (Å²) in [5.41, 5.74) is -0.829. The van der Waals surface area contributed by atoms with Crippen LogP contribution in [0.25, 0.3) is 6.08 Å². The molecule has 2 heterocycles. The molecule has 1 saturated heterocycles. The first-order chi connectivity index (χ1) is 8.90. The van der Waals surface area contributed by atoms with Gasteiger partial charge in [-0.3, -0.25) is 9.59 Å². The normalized spacial score (nSPS) is 23.2. The summed E-state index contributed by atoms with van der Waals surface area (Å²) in [5, 5.41) is 9.11. The number of carbonyl (C=O) groups is 2. The second-order valence-electron chi connectivity index (χ2n) is 5.16. The van der Waals surface area contributed by atoms with Crippen molar-refractivity contribution in [2.75, 3.05) is 13.1 Å². The molecule has 19 heavy (non-hydrogen) atoms. The van der Waals surface area contributed by atoms with Gasteiger partial charge in [-0.05, 0) is 38.5 Å². The van der Waals surface area contributed by atoms with Crippen LogP contribution in [0, 0.1) is 12.3 Å². The Morgan fingerprint density at radius 1 is 1.47 bits per heavy atom. The van der Waals surface area contributed by atoms with E-state index >= 15 is 0 Å². The molecule has 1 aromatic heterocycles. The Morgan fingerprint density at radius 2 is 2.21 bits per heavy atom. The van der Waals surface area contributed by atoms with E-state index in [2.05, 4.69) is 0 Å². The molecule has 1 aromatic rings. The summed E-state index contributed by atoms with van der Waals surface area (Å²) < 4.78 is 5.32. The van der Waals surface area contributed by atoms with Gasteiger partial charge in [0.15, 0.2) is 0 Å². The van der Waals surface area contributed by atoms with Crippen molar-refractivity contribution in [3.63, 3.8) is 0 Å². The molecule has 1 aliphatic heterocycles. The summed E-state index contributed by atoms with van der Waals surface area (Å²) in [4.78, 5) is 24.6. The van der Waals surface area contributed by atoms with Crippen molar-refractivity contribution in [1.82, 2.24) is 4.90 Å². The van der Waals surface area contributed by atoms with Gasteiger partial charge in [-0.15, -0.1) is 0 Å². The first kappa shape index (κ1) is 13.4. The van der Waals surface area contributed by atoms with Crippen LogP contribution in [0.15, 0.2) is 22.6 Å². The van der Waals surface area contributed by atoms with E-state index in [-0.39, 0.29) is 12.5 Å². The highest BCUT2D eigenvalue weighted by Gasteiger charge is 2.41. The number of carboxylic acid groups (broad SMARTS) is 1. The van der Waals surface area contributed by atoms with E-state index < -0.39 is 11.4 Å². The number of furan rings is 1. The molecular formula is C14H17NO4. The van der Waals surface area contributed by atoms with Crippen LogP contribution in [0.1, 0.15) is 24.9 Å². The van der Waals surface area contributed by atoms with Crippen molar-refractivity contribution < 1.29 is 19.1 Å². The molecule has 2 rings (SSSR count). The molecule has 1 fully saturated rings. The van der Waals surface area contributed by atoms with Crippen LogP contribution in [-0.2, 0) is 9.59 Å². The Hall–Kier alpha value is -2.04. The highest BCUT2D eigenvalue weighted by molar-refractivity contribution is 5.92. The minimum absolute atomic E-state index is 0.181. The highest BCUT2D eigenvalue weighted by atomic mass is 16.4. The van der Waals surface area contributed by atoms with Gasteiger partial charge >= 0.3 is 5.97 Å². The summed E-state index contributed by atoms with van der Waals surface area (Å²) in [6.07, 6.45) is 3.51. The molecule has 0 radical (unpaired) electrons. The van der Waals surface area contributed by atoms with Gasteiger partial charge in [-0.2, -0.15) is 0 Å². The molecular weight excluding hydrogens is 246 g/mol. The lowest BCUT2D eigenvalue weighted by molar-refractivity contribution is -0.147. The molecule has 5 heteroatoms. The first-order valence-corrected chi connectivity index (χ1v) is 6.17. The summed E-state index contributed by atoms with van der Waals surface area (Å²) in [6.45, 7) is 4.23. The fourth-order valence-corrected chi connectivity index (χ4v) is 2.13. The maximum atomic E-state index is 11.9. The molecule has 1 aliphatic rings. The number of rotatable bonds is 3. The lowest BCUT2D eigenvalue weighted by atomic mass is 9.90. The zero-order chi connectivity index (χ0) is 14.0. The number of aliphatic carboxylic acids is 1. The van der Waals surface area contributed by atoms with E-state index in [1.54, 1.807) is 24.0 Å². The third-order valence-electron chi connectivity index (χ3n) is 3.45. The minimum atomic E-state index is -0.853. The maximum Gasteiger partial charge on any atom is 0.311 e. The fraction of sp³-hybridized carbons (Fsp3) is 0.429. The topological polar surface area (TPSA) is 70.8 Å². The molecule has 1 atom stereocenters. The fourth-order valence-electron chi connectivity index (χ4n) is 2.13. The van der Waals surface area contributed by atoms with Crippen molar-refractivity contribution in [3.8, 4) is 0 Å². The van der Waals surface area contributed by atoms with Gasteiger partial charge in [0.25, 0.3) is 0 Å². The molecule has 5 nitrogen and oxygen atoms in total. The van der Waals surface area contributed by atoms with E-state index in [9.17, 15) is 9.59 Å². The van der Waals surface area contributed by atoms with Crippen molar-refractivity contribution in [1.29, 1.82) is 0 Å². The van der Waals surface area contributed by atoms with Crippen LogP contribution in [0.4, 0.5) is 0 Å². The van der Waals surface area contributed by atoms with Crippen LogP contribution in [0.5, 0.6) is 0 Å². The molecule has 0 aliphatic carbocycles. The van der Waals surface area contributed by atoms with Gasteiger partial charge < -0.3 is 14.4 Å². The predicted octanol–water partition coefficient (Wildman–Crippen LogP) is 1.92. The Morgan fingerprint density at radius 3 is 2.74 bits per heavy atom. The molecule has 1 N–H and O–H groups in total.